The molecule has 1 unspecified atom stereocenters. The van der Waals surface area contributed by atoms with Gasteiger partial charge in [0.15, 0.2) is 0 Å². The summed E-state index contributed by atoms with van der Waals surface area (Å²) >= 11 is 0. The zero-order chi connectivity index (χ0) is 22.9. The first-order chi connectivity index (χ1) is 15.5. The van der Waals surface area contributed by atoms with Crippen LogP contribution >= 0.6 is 0 Å². The summed E-state index contributed by atoms with van der Waals surface area (Å²) in [6, 6.07) is 15.2. The molecule has 0 aromatic heterocycles. The Hall–Kier alpha value is -3.06. The molecule has 172 valence electrons. The van der Waals surface area contributed by atoms with E-state index >= 15 is 0 Å². The molecular formula is C25H32N2O5. The summed E-state index contributed by atoms with van der Waals surface area (Å²) in [7, 11) is 3.23. The highest BCUT2D eigenvalue weighted by atomic mass is 16.5. The second-order valence-electron chi connectivity index (χ2n) is 7.96. The van der Waals surface area contributed by atoms with Crippen molar-refractivity contribution in [3.8, 4) is 11.5 Å². The van der Waals surface area contributed by atoms with Crippen molar-refractivity contribution in [1.29, 1.82) is 0 Å². The van der Waals surface area contributed by atoms with E-state index in [-0.39, 0.29) is 17.9 Å². The fourth-order valence-electron chi connectivity index (χ4n) is 3.77. The lowest BCUT2D eigenvalue weighted by Gasteiger charge is -2.33. The lowest BCUT2D eigenvalue weighted by molar-refractivity contribution is -0.134. The summed E-state index contributed by atoms with van der Waals surface area (Å²) in [4.78, 5) is 27.1. The number of carbonyl (C=O) groups is 2. The SMILES string of the molecule is COc1cccc(COC(C)C(=O)NC2CCN(C(=O)Cc3ccccc3OC)CC2)c1. The third-order valence-corrected chi connectivity index (χ3v) is 5.73. The van der Waals surface area contributed by atoms with E-state index in [4.69, 9.17) is 14.2 Å². The van der Waals surface area contributed by atoms with E-state index in [9.17, 15) is 9.59 Å². The van der Waals surface area contributed by atoms with Gasteiger partial charge in [0, 0.05) is 24.7 Å². The molecule has 0 spiro atoms. The Labute approximate surface area is 189 Å². The van der Waals surface area contributed by atoms with Gasteiger partial charge in [0.05, 0.1) is 27.2 Å². The third-order valence-electron chi connectivity index (χ3n) is 5.73. The van der Waals surface area contributed by atoms with Crippen molar-refractivity contribution in [2.75, 3.05) is 27.3 Å². The Bertz CT molecular complexity index is 909. The van der Waals surface area contributed by atoms with Crippen LogP contribution in [0.4, 0.5) is 0 Å². The predicted molar refractivity (Wildman–Crippen MR) is 122 cm³/mol. The van der Waals surface area contributed by atoms with E-state index in [0.29, 0.717) is 26.1 Å². The van der Waals surface area contributed by atoms with Crippen LogP contribution < -0.4 is 14.8 Å². The lowest BCUT2D eigenvalue weighted by Crippen LogP contribution is -2.49. The van der Waals surface area contributed by atoms with E-state index in [1.807, 2.05) is 53.4 Å². The van der Waals surface area contributed by atoms with Gasteiger partial charge in [0.25, 0.3) is 0 Å². The van der Waals surface area contributed by atoms with Crippen LogP contribution in [0.15, 0.2) is 48.5 Å². The first-order valence-electron chi connectivity index (χ1n) is 10.9. The molecule has 2 amide bonds. The molecule has 7 heteroatoms. The molecule has 32 heavy (non-hydrogen) atoms. The minimum atomic E-state index is -0.564. The lowest BCUT2D eigenvalue weighted by atomic mass is 10.0. The Morgan fingerprint density at radius 3 is 2.53 bits per heavy atom. The largest absolute Gasteiger partial charge is 0.497 e. The highest BCUT2D eigenvalue weighted by Crippen LogP contribution is 2.20. The molecule has 3 rings (SSSR count). The molecule has 0 saturated carbocycles. The van der Waals surface area contributed by atoms with E-state index < -0.39 is 6.10 Å². The van der Waals surface area contributed by atoms with Crippen LogP contribution in [0.1, 0.15) is 30.9 Å². The monoisotopic (exact) mass is 440 g/mol. The van der Waals surface area contributed by atoms with Gasteiger partial charge in [0.1, 0.15) is 17.6 Å². The molecule has 1 aliphatic rings. The number of hydrogen-bond donors (Lipinski definition) is 1. The topological polar surface area (TPSA) is 77.1 Å². The van der Waals surface area contributed by atoms with Crippen LogP contribution in [-0.2, 0) is 27.4 Å². The first kappa shape index (κ1) is 23.6. The number of methoxy groups -OCH3 is 2. The fourth-order valence-corrected chi connectivity index (χ4v) is 3.77. The van der Waals surface area contributed by atoms with Gasteiger partial charge in [-0.05, 0) is 43.5 Å². The average molecular weight is 441 g/mol. The smallest absolute Gasteiger partial charge is 0.249 e. The van der Waals surface area contributed by atoms with Gasteiger partial charge in [0.2, 0.25) is 11.8 Å². The molecule has 1 atom stereocenters. The maximum absolute atomic E-state index is 12.7. The van der Waals surface area contributed by atoms with E-state index in [0.717, 1.165) is 35.5 Å². The number of amides is 2. The number of benzene rings is 2. The molecule has 2 aromatic rings. The van der Waals surface area contributed by atoms with Crippen LogP contribution in [0.5, 0.6) is 11.5 Å². The quantitative estimate of drug-likeness (QED) is 0.649. The van der Waals surface area contributed by atoms with Gasteiger partial charge >= 0.3 is 0 Å². The summed E-state index contributed by atoms with van der Waals surface area (Å²) in [5.41, 5.74) is 1.84. The number of carbonyl (C=O) groups excluding carboxylic acids is 2. The van der Waals surface area contributed by atoms with E-state index in [2.05, 4.69) is 5.32 Å². The van der Waals surface area contributed by atoms with Gasteiger partial charge in [-0.3, -0.25) is 9.59 Å². The fraction of sp³-hybridized carbons (Fsp3) is 0.440. The number of ether oxygens (including phenoxy) is 3. The maximum atomic E-state index is 12.7. The zero-order valence-electron chi connectivity index (χ0n) is 19.0. The van der Waals surface area contributed by atoms with Crippen LogP contribution in [0.3, 0.4) is 0 Å². The van der Waals surface area contributed by atoms with Crippen LogP contribution in [0.25, 0.3) is 0 Å². The Kier molecular flexibility index (Phi) is 8.50. The van der Waals surface area contributed by atoms with Crippen LogP contribution in [-0.4, -0.2) is 56.2 Å². The Morgan fingerprint density at radius 2 is 1.81 bits per heavy atom. The molecule has 0 aliphatic carbocycles. The third kappa shape index (κ3) is 6.47. The standard InChI is InChI=1S/C25H32N2O5/c1-18(32-17-19-7-6-9-22(15-19)30-2)25(29)26-21-11-13-27(14-12-21)24(28)16-20-8-4-5-10-23(20)31-3/h4-10,15,18,21H,11-14,16-17H2,1-3H3,(H,26,29). The van der Waals surface area contributed by atoms with Crippen molar-refractivity contribution in [3.63, 3.8) is 0 Å². The Morgan fingerprint density at radius 1 is 1.06 bits per heavy atom. The molecule has 2 aromatic carbocycles. The summed E-state index contributed by atoms with van der Waals surface area (Å²) in [5, 5.41) is 3.06. The average Bonchev–Trinajstić information content (AvgIpc) is 2.83. The molecule has 0 bridgehead atoms. The van der Waals surface area contributed by atoms with Crippen molar-refractivity contribution in [2.45, 2.75) is 44.9 Å². The van der Waals surface area contributed by atoms with Crippen molar-refractivity contribution < 1.29 is 23.8 Å². The highest BCUT2D eigenvalue weighted by Gasteiger charge is 2.26. The van der Waals surface area contributed by atoms with Gasteiger partial charge in [-0.2, -0.15) is 0 Å². The Balaban J connectivity index is 1.41. The number of piperidine rings is 1. The van der Waals surface area contributed by atoms with Crippen molar-refractivity contribution >= 4 is 11.8 Å². The predicted octanol–water partition coefficient (Wildman–Crippen LogP) is 2.96. The zero-order valence-corrected chi connectivity index (χ0v) is 19.0. The number of hydrogen-bond acceptors (Lipinski definition) is 5. The van der Waals surface area contributed by atoms with Gasteiger partial charge in [-0.15, -0.1) is 0 Å². The normalized spacial score (nSPS) is 15.2. The number of nitrogens with one attached hydrogen (secondary N) is 1. The van der Waals surface area contributed by atoms with E-state index in [1.54, 1.807) is 21.1 Å². The second kappa shape index (κ2) is 11.5. The summed E-state index contributed by atoms with van der Waals surface area (Å²) in [6.07, 6.45) is 1.21. The first-order valence-corrected chi connectivity index (χ1v) is 10.9. The van der Waals surface area contributed by atoms with Gasteiger partial charge in [-0.1, -0.05) is 30.3 Å². The van der Waals surface area contributed by atoms with Crippen LogP contribution in [0.2, 0.25) is 0 Å². The molecule has 1 saturated heterocycles. The number of nitrogens with zero attached hydrogens (tertiary/aromatic N) is 1. The van der Waals surface area contributed by atoms with Gasteiger partial charge < -0.3 is 24.4 Å². The summed E-state index contributed by atoms with van der Waals surface area (Å²) < 4.78 is 16.3. The molecule has 1 fully saturated rings. The minimum Gasteiger partial charge on any atom is -0.497 e. The summed E-state index contributed by atoms with van der Waals surface area (Å²) in [5.74, 6) is 1.43. The van der Waals surface area contributed by atoms with Crippen LogP contribution in [0, 0.1) is 0 Å². The molecule has 1 aliphatic heterocycles. The number of likely N-dealkylation sites (tertiary alicyclic amines) is 1. The van der Waals surface area contributed by atoms with Crippen molar-refractivity contribution in [1.82, 2.24) is 10.2 Å². The van der Waals surface area contributed by atoms with Crippen molar-refractivity contribution in [2.24, 2.45) is 0 Å². The van der Waals surface area contributed by atoms with Crippen molar-refractivity contribution in [3.05, 3.63) is 59.7 Å². The molecule has 7 nitrogen and oxygen atoms in total. The van der Waals surface area contributed by atoms with E-state index in [1.165, 1.54) is 0 Å². The highest BCUT2D eigenvalue weighted by molar-refractivity contribution is 5.81. The number of rotatable bonds is 9. The minimum absolute atomic E-state index is 0.0423. The second-order valence-corrected chi connectivity index (χ2v) is 7.96. The molecule has 0 radical (unpaired) electrons. The maximum Gasteiger partial charge on any atom is 0.249 e. The molecule has 1 heterocycles. The molecular weight excluding hydrogens is 408 g/mol. The summed E-state index contributed by atoms with van der Waals surface area (Å²) in [6.45, 7) is 3.33. The number of para-hydroxylation sites is 1. The molecule has 1 N–H and O–H groups in total. The van der Waals surface area contributed by atoms with Gasteiger partial charge in [-0.25, -0.2) is 0 Å².